The molecule has 0 unspecified atom stereocenters. The molecule has 170 valence electrons. The van der Waals surface area contributed by atoms with E-state index in [9.17, 15) is 17.6 Å². The molecule has 2 heterocycles. The summed E-state index contributed by atoms with van der Waals surface area (Å²) in [5.74, 6) is -0.289. The van der Waals surface area contributed by atoms with Crippen LogP contribution in [0.4, 0.5) is 4.39 Å². The zero-order valence-electron chi connectivity index (χ0n) is 17.8. The first-order valence-corrected chi connectivity index (χ1v) is 12.6. The normalized spacial score (nSPS) is 16.5. The second kappa shape index (κ2) is 9.13. The fraction of sp³-hybridized carbons (Fsp3) is 0.364. The molecule has 32 heavy (non-hydrogen) atoms. The molecule has 1 aromatic heterocycles. The van der Waals surface area contributed by atoms with Crippen molar-refractivity contribution in [1.29, 1.82) is 0 Å². The Morgan fingerprint density at radius 2 is 1.88 bits per heavy atom. The molecule has 0 N–H and O–H groups in total. The van der Waals surface area contributed by atoms with Gasteiger partial charge >= 0.3 is 0 Å². The predicted molar refractivity (Wildman–Crippen MR) is 120 cm³/mol. The summed E-state index contributed by atoms with van der Waals surface area (Å²) in [5, 5.41) is 0. The lowest BCUT2D eigenvalue weighted by Gasteiger charge is -2.29. The van der Waals surface area contributed by atoms with Gasteiger partial charge in [0, 0.05) is 26.1 Å². The summed E-state index contributed by atoms with van der Waals surface area (Å²) in [6, 6.07) is 10.5. The van der Waals surface area contributed by atoms with Crippen LogP contribution in [0.1, 0.15) is 19.8 Å². The van der Waals surface area contributed by atoms with Gasteiger partial charge in [0.05, 0.1) is 21.7 Å². The molecular formula is C22H24FN3O4S2. The number of hydrogen-bond donors (Lipinski definition) is 0. The van der Waals surface area contributed by atoms with E-state index in [0.29, 0.717) is 24.2 Å². The van der Waals surface area contributed by atoms with E-state index in [1.54, 1.807) is 0 Å². The van der Waals surface area contributed by atoms with Crippen LogP contribution in [-0.4, -0.2) is 42.9 Å². The van der Waals surface area contributed by atoms with Crippen LogP contribution in [0.5, 0.6) is 5.75 Å². The van der Waals surface area contributed by atoms with E-state index in [-0.39, 0.29) is 29.8 Å². The highest BCUT2D eigenvalue weighted by atomic mass is 32.2. The number of fused-ring (bicyclic) bond motifs is 1. The Bertz CT molecular complexity index is 1310. The molecule has 10 heteroatoms. The standard InChI is InChI=1S/C22H24FN3O4S2/c1-3-30-17-6-9-19-20(14-17)31-22(25(19)2)24-21(27)15-10-12-26(13-11-15)32(28,29)18-7-4-16(23)5-8-18/h4-9,14-15H,3,10-13H2,1-2H3. The number of benzene rings is 2. The van der Waals surface area contributed by atoms with Crippen LogP contribution < -0.4 is 9.54 Å². The average molecular weight is 478 g/mol. The third kappa shape index (κ3) is 4.48. The lowest BCUT2D eigenvalue weighted by Crippen LogP contribution is -2.40. The molecule has 4 rings (SSSR count). The molecule has 7 nitrogen and oxygen atoms in total. The second-order valence-electron chi connectivity index (χ2n) is 7.59. The van der Waals surface area contributed by atoms with Gasteiger partial charge in [0.15, 0.2) is 4.80 Å². The van der Waals surface area contributed by atoms with Crippen molar-refractivity contribution in [1.82, 2.24) is 8.87 Å². The average Bonchev–Trinajstić information content (AvgIpc) is 3.09. The first-order chi connectivity index (χ1) is 15.3. The molecule has 1 aliphatic rings. The Labute approximate surface area is 189 Å². The van der Waals surface area contributed by atoms with E-state index in [4.69, 9.17) is 4.74 Å². The first kappa shape index (κ1) is 22.6. The molecule has 0 bridgehead atoms. The van der Waals surface area contributed by atoms with Gasteiger partial charge in [0.25, 0.3) is 5.91 Å². The molecule has 2 aromatic carbocycles. The van der Waals surface area contributed by atoms with Gasteiger partial charge in [-0.3, -0.25) is 4.79 Å². The Morgan fingerprint density at radius 3 is 2.53 bits per heavy atom. The van der Waals surface area contributed by atoms with Crippen molar-refractivity contribution < 1.29 is 22.3 Å². The minimum atomic E-state index is -3.71. The highest BCUT2D eigenvalue weighted by Gasteiger charge is 2.32. The summed E-state index contributed by atoms with van der Waals surface area (Å²) in [6.07, 6.45) is 0.789. The van der Waals surface area contributed by atoms with Crippen LogP contribution >= 0.6 is 11.3 Å². The lowest BCUT2D eigenvalue weighted by molar-refractivity contribution is -0.122. The number of amides is 1. The fourth-order valence-corrected chi connectivity index (χ4v) is 6.28. The summed E-state index contributed by atoms with van der Waals surface area (Å²) in [5.41, 5.74) is 0.963. The maximum atomic E-state index is 13.1. The molecule has 1 fully saturated rings. The van der Waals surface area contributed by atoms with Crippen LogP contribution in [-0.2, 0) is 21.9 Å². The van der Waals surface area contributed by atoms with Crippen molar-refractivity contribution in [2.75, 3.05) is 19.7 Å². The summed E-state index contributed by atoms with van der Waals surface area (Å²) in [7, 11) is -1.84. The van der Waals surface area contributed by atoms with Gasteiger partial charge < -0.3 is 9.30 Å². The maximum absolute atomic E-state index is 13.1. The summed E-state index contributed by atoms with van der Waals surface area (Å²) < 4.78 is 48.4. The van der Waals surface area contributed by atoms with Gasteiger partial charge in [0.1, 0.15) is 11.6 Å². The Morgan fingerprint density at radius 1 is 1.19 bits per heavy atom. The number of aromatic nitrogens is 1. The molecule has 1 aliphatic heterocycles. The number of carbonyl (C=O) groups is 1. The number of ether oxygens (including phenoxy) is 1. The number of rotatable bonds is 5. The number of nitrogens with zero attached hydrogens (tertiary/aromatic N) is 3. The molecular weight excluding hydrogens is 453 g/mol. The largest absolute Gasteiger partial charge is 0.494 e. The van der Waals surface area contributed by atoms with Gasteiger partial charge in [0.2, 0.25) is 10.0 Å². The highest BCUT2D eigenvalue weighted by Crippen LogP contribution is 2.26. The van der Waals surface area contributed by atoms with Crippen molar-refractivity contribution in [3.8, 4) is 5.75 Å². The molecule has 0 aliphatic carbocycles. The Hall–Kier alpha value is -2.56. The van der Waals surface area contributed by atoms with E-state index in [0.717, 1.165) is 28.1 Å². The van der Waals surface area contributed by atoms with E-state index in [1.807, 2.05) is 36.7 Å². The summed E-state index contributed by atoms with van der Waals surface area (Å²) >= 11 is 1.42. The van der Waals surface area contributed by atoms with E-state index >= 15 is 0 Å². The third-order valence-corrected chi connectivity index (χ3v) is 8.56. The van der Waals surface area contributed by atoms with Crippen LogP contribution in [0.2, 0.25) is 0 Å². The van der Waals surface area contributed by atoms with Gasteiger partial charge in [-0.05, 0) is 62.2 Å². The fourth-order valence-electron chi connectivity index (χ4n) is 3.76. The molecule has 0 saturated carbocycles. The quantitative estimate of drug-likeness (QED) is 0.565. The van der Waals surface area contributed by atoms with E-state index in [1.165, 1.54) is 27.8 Å². The first-order valence-electron chi connectivity index (χ1n) is 10.4. The minimum absolute atomic E-state index is 0.0529. The van der Waals surface area contributed by atoms with Crippen LogP contribution in [0, 0.1) is 11.7 Å². The number of hydrogen-bond acceptors (Lipinski definition) is 5. The molecule has 0 radical (unpaired) electrons. The number of thiazole rings is 1. The van der Waals surface area contributed by atoms with Crippen LogP contribution in [0.15, 0.2) is 52.4 Å². The van der Waals surface area contributed by atoms with Gasteiger partial charge in [-0.2, -0.15) is 9.30 Å². The maximum Gasteiger partial charge on any atom is 0.251 e. The van der Waals surface area contributed by atoms with Crippen molar-refractivity contribution in [2.45, 2.75) is 24.7 Å². The third-order valence-electron chi connectivity index (χ3n) is 5.55. The van der Waals surface area contributed by atoms with E-state index < -0.39 is 15.8 Å². The highest BCUT2D eigenvalue weighted by molar-refractivity contribution is 7.89. The molecule has 3 aromatic rings. The lowest BCUT2D eigenvalue weighted by atomic mass is 9.98. The second-order valence-corrected chi connectivity index (χ2v) is 10.5. The minimum Gasteiger partial charge on any atom is -0.494 e. The zero-order valence-corrected chi connectivity index (χ0v) is 19.5. The summed E-state index contributed by atoms with van der Waals surface area (Å²) in [4.78, 5) is 17.8. The van der Waals surface area contributed by atoms with Crippen molar-refractivity contribution in [3.63, 3.8) is 0 Å². The molecule has 0 spiro atoms. The smallest absolute Gasteiger partial charge is 0.251 e. The van der Waals surface area contributed by atoms with Crippen LogP contribution in [0.3, 0.4) is 0 Å². The molecule has 1 amide bonds. The zero-order chi connectivity index (χ0) is 22.9. The number of aryl methyl sites for hydroxylation is 1. The molecule has 0 atom stereocenters. The van der Waals surface area contributed by atoms with Crippen molar-refractivity contribution in [3.05, 3.63) is 53.1 Å². The Balaban J connectivity index is 1.48. The van der Waals surface area contributed by atoms with Crippen molar-refractivity contribution >= 4 is 37.5 Å². The monoisotopic (exact) mass is 477 g/mol. The van der Waals surface area contributed by atoms with Crippen LogP contribution in [0.25, 0.3) is 10.2 Å². The van der Waals surface area contributed by atoms with E-state index in [2.05, 4.69) is 4.99 Å². The SMILES string of the molecule is CCOc1ccc2c(c1)sc(=NC(=O)C1CCN(S(=O)(=O)c3ccc(F)cc3)CC1)n2C. The number of sulfonamides is 1. The Kier molecular flexibility index (Phi) is 6.45. The van der Waals surface area contributed by atoms with Gasteiger partial charge in [-0.1, -0.05) is 11.3 Å². The number of carbonyl (C=O) groups excluding carboxylic acids is 1. The molecule has 1 saturated heterocycles. The summed E-state index contributed by atoms with van der Waals surface area (Å²) in [6.45, 7) is 2.95. The topological polar surface area (TPSA) is 81.0 Å². The number of halogens is 1. The van der Waals surface area contributed by atoms with Crippen molar-refractivity contribution in [2.24, 2.45) is 18.0 Å². The van der Waals surface area contributed by atoms with Gasteiger partial charge in [-0.25, -0.2) is 12.8 Å². The predicted octanol–water partition coefficient (Wildman–Crippen LogP) is 3.31. The van der Waals surface area contributed by atoms with Gasteiger partial charge in [-0.15, -0.1) is 0 Å². The number of piperidine rings is 1.